The first-order chi connectivity index (χ1) is 16.6. The van der Waals surface area contributed by atoms with E-state index in [1.165, 1.54) is 0 Å². The van der Waals surface area contributed by atoms with Crippen LogP contribution in [0.1, 0.15) is 58.6 Å². The lowest BCUT2D eigenvalue weighted by Gasteiger charge is -2.33. The van der Waals surface area contributed by atoms with Crippen LogP contribution in [0.3, 0.4) is 0 Å². The summed E-state index contributed by atoms with van der Waals surface area (Å²) < 4.78 is 11.6. The van der Waals surface area contributed by atoms with Crippen molar-refractivity contribution in [1.29, 1.82) is 0 Å². The molecule has 0 N–H and O–H groups in total. The third-order valence-corrected chi connectivity index (χ3v) is 7.12. The quantitative estimate of drug-likeness (QED) is 0.369. The molecule has 0 radical (unpaired) electrons. The monoisotopic (exact) mass is 474 g/mol. The zero-order chi connectivity index (χ0) is 23.5. The lowest BCUT2D eigenvalue weighted by molar-refractivity contribution is 0.0569. The molecule has 1 amide bonds. The number of aromatic nitrogens is 3. The summed E-state index contributed by atoms with van der Waals surface area (Å²) in [5, 5.41) is 0. The van der Waals surface area contributed by atoms with E-state index in [1.807, 2.05) is 53.7 Å². The zero-order valence-corrected chi connectivity index (χ0v) is 20.0. The van der Waals surface area contributed by atoms with E-state index in [1.54, 1.807) is 30.8 Å². The molecule has 0 unspecified atom stereocenters. The van der Waals surface area contributed by atoms with Gasteiger partial charge in [0.05, 0.1) is 40.6 Å². The van der Waals surface area contributed by atoms with E-state index in [2.05, 4.69) is 15.0 Å². The molecular formula is C26H26N4O3S. The van der Waals surface area contributed by atoms with E-state index < -0.39 is 0 Å². The van der Waals surface area contributed by atoms with Gasteiger partial charge in [0.15, 0.2) is 0 Å². The highest BCUT2D eigenvalue weighted by molar-refractivity contribution is 7.13. The maximum absolute atomic E-state index is 13.4. The molecule has 0 saturated carbocycles. The Balaban J connectivity index is 1.34. The number of aryl methyl sites for hydroxylation is 1. The van der Waals surface area contributed by atoms with Crippen LogP contribution in [-0.4, -0.2) is 39.4 Å². The molecule has 1 fully saturated rings. The van der Waals surface area contributed by atoms with Gasteiger partial charge in [-0.2, -0.15) is 0 Å². The highest BCUT2D eigenvalue weighted by Crippen LogP contribution is 2.33. The normalized spacial score (nSPS) is 15.9. The maximum atomic E-state index is 13.4. The number of oxazole rings is 1. The second-order valence-electron chi connectivity index (χ2n) is 8.36. The first-order valence-electron chi connectivity index (χ1n) is 11.4. The molecule has 4 aromatic rings. The number of benzene rings is 1. The van der Waals surface area contributed by atoms with Crippen LogP contribution in [0.5, 0.6) is 5.75 Å². The van der Waals surface area contributed by atoms with Crippen molar-refractivity contribution in [3.63, 3.8) is 0 Å². The number of amides is 1. The summed E-state index contributed by atoms with van der Waals surface area (Å²) in [6.07, 6.45) is 6.81. The van der Waals surface area contributed by atoms with Crippen LogP contribution in [0, 0.1) is 6.92 Å². The van der Waals surface area contributed by atoms with Crippen LogP contribution in [-0.2, 0) is 6.42 Å². The van der Waals surface area contributed by atoms with E-state index in [0.717, 1.165) is 52.6 Å². The number of carbonyl (C=O) groups is 1. The summed E-state index contributed by atoms with van der Waals surface area (Å²) in [5.74, 6) is 2.11. The summed E-state index contributed by atoms with van der Waals surface area (Å²) in [5.41, 5.74) is 5.19. The molecule has 1 atom stereocenters. The third kappa shape index (κ3) is 4.46. The standard InChI is InChI=1S/C26H26N4O3S/c1-17-24(34-16-29-17)21-11-10-19(14-27-21)26(31)30-12-6-5-8-22(30)25-28-15-20(33-25)13-18-7-3-4-9-23(18)32-2/h3-4,7,9-11,14-16,22H,5-6,8,12-13H2,1-2H3/t22-/m0/s1. The molecule has 0 spiro atoms. The van der Waals surface area contributed by atoms with E-state index >= 15 is 0 Å². The Morgan fingerprint density at radius 2 is 2.03 bits per heavy atom. The van der Waals surface area contributed by atoms with Gasteiger partial charge in [0, 0.05) is 24.7 Å². The van der Waals surface area contributed by atoms with Gasteiger partial charge in [-0.15, -0.1) is 11.3 Å². The van der Waals surface area contributed by atoms with Crippen molar-refractivity contribution in [2.24, 2.45) is 0 Å². The second-order valence-corrected chi connectivity index (χ2v) is 9.22. The highest BCUT2D eigenvalue weighted by atomic mass is 32.1. The van der Waals surface area contributed by atoms with E-state index in [-0.39, 0.29) is 11.9 Å². The Morgan fingerprint density at radius 1 is 1.15 bits per heavy atom. The van der Waals surface area contributed by atoms with Crippen LogP contribution in [0.15, 0.2) is 58.7 Å². The van der Waals surface area contributed by atoms with Gasteiger partial charge >= 0.3 is 0 Å². The van der Waals surface area contributed by atoms with Gasteiger partial charge in [0.1, 0.15) is 17.6 Å². The Kier molecular flexibility index (Phi) is 6.40. The van der Waals surface area contributed by atoms with E-state index in [0.29, 0.717) is 24.4 Å². The number of nitrogens with zero attached hydrogens (tertiary/aromatic N) is 4. The first kappa shape index (κ1) is 22.3. The number of ether oxygens (including phenoxy) is 1. The summed E-state index contributed by atoms with van der Waals surface area (Å²) in [6.45, 7) is 2.63. The minimum Gasteiger partial charge on any atom is -0.496 e. The summed E-state index contributed by atoms with van der Waals surface area (Å²) in [4.78, 5) is 29.7. The van der Waals surface area contributed by atoms with Crippen LogP contribution >= 0.6 is 11.3 Å². The van der Waals surface area contributed by atoms with Gasteiger partial charge in [-0.3, -0.25) is 9.78 Å². The largest absolute Gasteiger partial charge is 0.496 e. The fourth-order valence-corrected chi connectivity index (χ4v) is 5.18. The van der Waals surface area contributed by atoms with Crippen molar-refractivity contribution in [1.82, 2.24) is 19.9 Å². The molecule has 4 heterocycles. The Bertz CT molecular complexity index is 1280. The van der Waals surface area contributed by atoms with Gasteiger partial charge in [-0.05, 0) is 44.4 Å². The molecule has 8 heteroatoms. The molecule has 1 saturated heterocycles. The number of pyridine rings is 1. The predicted octanol–water partition coefficient (Wildman–Crippen LogP) is 5.47. The molecule has 1 aromatic carbocycles. The van der Waals surface area contributed by atoms with Crippen molar-refractivity contribution in [3.8, 4) is 16.3 Å². The number of para-hydroxylation sites is 1. The molecule has 174 valence electrons. The fraction of sp³-hybridized carbons (Fsp3) is 0.308. The molecule has 0 bridgehead atoms. The first-order valence-corrected chi connectivity index (χ1v) is 12.3. The molecule has 7 nitrogen and oxygen atoms in total. The van der Waals surface area contributed by atoms with Crippen molar-refractivity contribution in [2.45, 2.75) is 38.6 Å². The van der Waals surface area contributed by atoms with Gasteiger partial charge in [-0.25, -0.2) is 9.97 Å². The summed E-state index contributed by atoms with van der Waals surface area (Å²) in [7, 11) is 1.66. The van der Waals surface area contributed by atoms with Crippen molar-refractivity contribution >= 4 is 17.2 Å². The SMILES string of the molecule is COc1ccccc1Cc1cnc([C@@H]2CCCCN2C(=O)c2ccc(-c3scnc3C)nc2)o1. The van der Waals surface area contributed by atoms with Crippen LogP contribution in [0.4, 0.5) is 0 Å². The van der Waals surface area contributed by atoms with Crippen molar-refractivity contribution in [2.75, 3.05) is 13.7 Å². The minimum absolute atomic E-state index is 0.0470. The van der Waals surface area contributed by atoms with E-state index in [9.17, 15) is 4.79 Å². The Labute approximate surface area is 202 Å². The molecule has 1 aliphatic heterocycles. The average Bonchev–Trinajstić information content (AvgIpc) is 3.53. The Hall–Kier alpha value is -3.52. The number of piperidine rings is 1. The maximum Gasteiger partial charge on any atom is 0.256 e. The lowest BCUT2D eigenvalue weighted by atomic mass is 10.0. The van der Waals surface area contributed by atoms with Gasteiger partial charge < -0.3 is 14.1 Å². The molecule has 1 aliphatic rings. The zero-order valence-electron chi connectivity index (χ0n) is 19.2. The minimum atomic E-state index is -0.184. The number of thiazole rings is 1. The number of hydrogen-bond donors (Lipinski definition) is 0. The summed E-state index contributed by atoms with van der Waals surface area (Å²) >= 11 is 1.55. The molecule has 34 heavy (non-hydrogen) atoms. The van der Waals surface area contributed by atoms with E-state index in [4.69, 9.17) is 9.15 Å². The van der Waals surface area contributed by atoms with Gasteiger partial charge in [-0.1, -0.05) is 18.2 Å². The summed E-state index contributed by atoms with van der Waals surface area (Å²) in [6, 6.07) is 11.4. The third-order valence-electron chi connectivity index (χ3n) is 6.17. The van der Waals surface area contributed by atoms with Gasteiger partial charge in [0.2, 0.25) is 5.89 Å². The lowest BCUT2D eigenvalue weighted by Crippen LogP contribution is -2.38. The van der Waals surface area contributed by atoms with Crippen LogP contribution in [0.25, 0.3) is 10.6 Å². The predicted molar refractivity (Wildman–Crippen MR) is 130 cm³/mol. The highest BCUT2D eigenvalue weighted by Gasteiger charge is 2.32. The van der Waals surface area contributed by atoms with Crippen molar-refractivity contribution < 1.29 is 13.9 Å². The van der Waals surface area contributed by atoms with Crippen molar-refractivity contribution in [3.05, 3.63) is 82.8 Å². The molecule has 0 aliphatic carbocycles. The number of carbonyl (C=O) groups excluding carboxylic acids is 1. The number of methoxy groups -OCH3 is 1. The molecule has 3 aromatic heterocycles. The molecule has 5 rings (SSSR count). The number of rotatable bonds is 6. The fourth-order valence-electron chi connectivity index (χ4n) is 4.39. The van der Waals surface area contributed by atoms with Crippen LogP contribution < -0.4 is 4.74 Å². The van der Waals surface area contributed by atoms with Crippen LogP contribution in [0.2, 0.25) is 0 Å². The van der Waals surface area contributed by atoms with Gasteiger partial charge in [0.25, 0.3) is 5.91 Å². The topological polar surface area (TPSA) is 81.4 Å². The second kappa shape index (κ2) is 9.77. The average molecular weight is 475 g/mol. The number of likely N-dealkylation sites (tertiary alicyclic amines) is 1. The Morgan fingerprint density at radius 3 is 2.79 bits per heavy atom. The molecular weight excluding hydrogens is 448 g/mol. The smallest absolute Gasteiger partial charge is 0.256 e. The number of hydrogen-bond acceptors (Lipinski definition) is 7.